The van der Waals surface area contributed by atoms with Crippen LogP contribution < -0.4 is 10.6 Å². The topological polar surface area (TPSA) is 55.6 Å². The summed E-state index contributed by atoms with van der Waals surface area (Å²) >= 11 is 1.46. The number of hydrogen-bond donors (Lipinski definition) is 1. The van der Waals surface area contributed by atoms with Crippen molar-refractivity contribution in [3.8, 4) is 0 Å². The van der Waals surface area contributed by atoms with Gasteiger partial charge in [0.2, 0.25) is 0 Å². The molecule has 0 radical (unpaired) electrons. The van der Waals surface area contributed by atoms with Gasteiger partial charge in [0.25, 0.3) is 0 Å². The van der Waals surface area contributed by atoms with Gasteiger partial charge in [0.1, 0.15) is 4.88 Å². The number of nitrogens with two attached hydrogens (primary N) is 1. The monoisotopic (exact) mass is 282 g/mol. The van der Waals surface area contributed by atoms with E-state index in [1.807, 2.05) is 6.07 Å². The second-order valence-electron chi connectivity index (χ2n) is 4.84. The van der Waals surface area contributed by atoms with Crippen molar-refractivity contribution < 1.29 is 9.53 Å². The Balaban J connectivity index is 2.11. The molecule has 0 spiro atoms. The van der Waals surface area contributed by atoms with Gasteiger partial charge in [0, 0.05) is 13.1 Å². The van der Waals surface area contributed by atoms with Crippen LogP contribution in [0.25, 0.3) is 0 Å². The summed E-state index contributed by atoms with van der Waals surface area (Å²) in [5.74, 6) is -0.303. The van der Waals surface area contributed by atoms with Crippen molar-refractivity contribution in [1.29, 1.82) is 0 Å². The van der Waals surface area contributed by atoms with Gasteiger partial charge in [0.05, 0.1) is 17.3 Å². The second-order valence-corrected chi connectivity index (χ2v) is 5.88. The zero-order chi connectivity index (χ0) is 13.7. The van der Waals surface area contributed by atoms with Crippen LogP contribution in [0.15, 0.2) is 6.07 Å². The molecule has 4 nitrogen and oxygen atoms in total. The highest BCUT2D eigenvalue weighted by atomic mass is 32.1. The molecular weight excluding hydrogens is 260 g/mol. The fraction of sp³-hybridized carbons (Fsp3) is 0.643. The lowest BCUT2D eigenvalue weighted by molar-refractivity contribution is 0.0533. The molecule has 1 saturated heterocycles. The summed E-state index contributed by atoms with van der Waals surface area (Å²) in [6.45, 7) is 4.31. The fourth-order valence-corrected chi connectivity index (χ4v) is 3.40. The third-order valence-corrected chi connectivity index (χ3v) is 4.57. The van der Waals surface area contributed by atoms with Crippen molar-refractivity contribution in [3.63, 3.8) is 0 Å². The third-order valence-electron chi connectivity index (χ3n) is 3.38. The van der Waals surface area contributed by atoms with Gasteiger partial charge in [-0.15, -0.1) is 11.3 Å². The van der Waals surface area contributed by atoms with Gasteiger partial charge in [0.15, 0.2) is 0 Å². The van der Waals surface area contributed by atoms with Crippen LogP contribution in [0.1, 0.15) is 48.7 Å². The SMILES string of the molecule is CCOC(=O)c1sc(N2CCCCCCC2)cc1N. The van der Waals surface area contributed by atoms with E-state index in [9.17, 15) is 4.79 Å². The maximum atomic E-state index is 11.8. The molecule has 0 saturated carbocycles. The van der Waals surface area contributed by atoms with Gasteiger partial charge in [-0.05, 0) is 25.8 Å². The minimum absolute atomic E-state index is 0.303. The van der Waals surface area contributed by atoms with E-state index in [1.54, 1.807) is 6.92 Å². The van der Waals surface area contributed by atoms with E-state index in [-0.39, 0.29) is 5.97 Å². The average Bonchev–Trinajstić information content (AvgIpc) is 2.71. The van der Waals surface area contributed by atoms with Gasteiger partial charge in [-0.1, -0.05) is 19.3 Å². The molecule has 1 aromatic heterocycles. The van der Waals surface area contributed by atoms with Gasteiger partial charge in [-0.2, -0.15) is 0 Å². The minimum atomic E-state index is -0.303. The van der Waals surface area contributed by atoms with Gasteiger partial charge in [-0.3, -0.25) is 0 Å². The first kappa shape index (κ1) is 14.2. The molecule has 2 N–H and O–H groups in total. The number of nitrogen functional groups attached to an aromatic ring is 1. The predicted molar refractivity (Wildman–Crippen MR) is 80.0 cm³/mol. The Morgan fingerprint density at radius 3 is 2.58 bits per heavy atom. The number of thiophene rings is 1. The zero-order valence-electron chi connectivity index (χ0n) is 11.5. The molecular formula is C14H22N2O2S. The van der Waals surface area contributed by atoms with Gasteiger partial charge < -0.3 is 15.4 Å². The Morgan fingerprint density at radius 1 is 1.32 bits per heavy atom. The molecule has 1 fully saturated rings. The molecule has 0 amide bonds. The van der Waals surface area contributed by atoms with Crippen LogP contribution >= 0.6 is 11.3 Å². The van der Waals surface area contributed by atoms with E-state index in [0.717, 1.165) is 18.1 Å². The van der Waals surface area contributed by atoms with Crippen molar-refractivity contribution in [1.82, 2.24) is 0 Å². The minimum Gasteiger partial charge on any atom is -0.462 e. The fourth-order valence-electron chi connectivity index (χ4n) is 2.37. The molecule has 1 aliphatic rings. The maximum absolute atomic E-state index is 11.8. The average molecular weight is 282 g/mol. The predicted octanol–water partition coefficient (Wildman–Crippen LogP) is 3.28. The number of nitrogens with zero attached hydrogens (tertiary/aromatic N) is 1. The number of hydrogen-bond acceptors (Lipinski definition) is 5. The normalized spacial score (nSPS) is 16.8. The summed E-state index contributed by atoms with van der Waals surface area (Å²) in [4.78, 5) is 14.7. The maximum Gasteiger partial charge on any atom is 0.350 e. The number of anilines is 2. The van der Waals surface area contributed by atoms with Gasteiger partial charge >= 0.3 is 5.97 Å². The second kappa shape index (κ2) is 6.80. The Bertz CT molecular complexity index is 423. The summed E-state index contributed by atoms with van der Waals surface area (Å²) in [7, 11) is 0. The molecule has 106 valence electrons. The summed E-state index contributed by atoms with van der Waals surface area (Å²) in [5.41, 5.74) is 6.47. The van der Waals surface area contributed by atoms with Crippen LogP contribution in [0.4, 0.5) is 10.7 Å². The molecule has 0 atom stereocenters. The van der Waals surface area contributed by atoms with Crippen molar-refractivity contribution in [3.05, 3.63) is 10.9 Å². The molecule has 1 aliphatic heterocycles. The Hall–Kier alpha value is -1.23. The first-order valence-electron chi connectivity index (χ1n) is 7.03. The van der Waals surface area contributed by atoms with E-state index in [0.29, 0.717) is 17.2 Å². The molecule has 5 heteroatoms. The van der Waals surface area contributed by atoms with E-state index in [2.05, 4.69) is 4.90 Å². The van der Waals surface area contributed by atoms with Gasteiger partial charge in [-0.25, -0.2) is 4.79 Å². The highest BCUT2D eigenvalue weighted by Crippen LogP contribution is 2.33. The van der Waals surface area contributed by atoms with Crippen LogP contribution in [-0.2, 0) is 4.74 Å². The molecule has 2 rings (SSSR count). The summed E-state index contributed by atoms with van der Waals surface area (Å²) in [6.07, 6.45) is 6.36. The zero-order valence-corrected chi connectivity index (χ0v) is 12.3. The molecule has 19 heavy (non-hydrogen) atoms. The van der Waals surface area contributed by atoms with Crippen LogP contribution in [-0.4, -0.2) is 25.7 Å². The quantitative estimate of drug-likeness (QED) is 0.864. The van der Waals surface area contributed by atoms with E-state index in [4.69, 9.17) is 10.5 Å². The highest BCUT2D eigenvalue weighted by molar-refractivity contribution is 7.18. The molecule has 0 aromatic carbocycles. The highest BCUT2D eigenvalue weighted by Gasteiger charge is 2.19. The lowest BCUT2D eigenvalue weighted by Gasteiger charge is -2.25. The Kier molecular flexibility index (Phi) is 5.07. The first-order chi connectivity index (χ1) is 9.22. The largest absolute Gasteiger partial charge is 0.462 e. The molecule has 0 bridgehead atoms. The molecule has 1 aromatic rings. The van der Waals surface area contributed by atoms with Crippen LogP contribution in [0.2, 0.25) is 0 Å². The number of carbonyl (C=O) groups is 1. The molecule has 0 aliphatic carbocycles. The van der Waals surface area contributed by atoms with Crippen molar-refractivity contribution >= 4 is 28.0 Å². The number of ether oxygens (including phenoxy) is 1. The van der Waals surface area contributed by atoms with Crippen molar-refractivity contribution in [2.75, 3.05) is 30.3 Å². The lowest BCUT2D eigenvalue weighted by Crippen LogP contribution is -2.26. The Morgan fingerprint density at radius 2 is 1.95 bits per heavy atom. The van der Waals surface area contributed by atoms with E-state index >= 15 is 0 Å². The van der Waals surface area contributed by atoms with Crippen LogP contribution in [0.5, 0.6) is 0 Å². The summed E-state index contributed by atoms with van der Waals surface area (Å²) in [6, 6.07) is 1.92. The van der Waals surface area contributed by atoms with E-state index in [1.165, 1.54) is 43.4 Å². The Labute approximate surface area is 118 Å². The molecule has 2 heterocycles. The third kappa shape index (κ3) is 3.62. The van der Waals surface area contributed by atoms with Crippen LogP contribution in [0, 0.1) is 0 Å². The standard InChI is InChI=1S/C14H22N2O2S/c1-2-18-14(17)13-11(15)10-12(19-13)16-8-6-4-3-5-7-9-16/h10H,2-9,15H2,1H3. The number of rotatable bonds is 3. The first-order valence-corrected chi connectivity index (χ1v) is 7.85. The summed E-state index contributed by atoms with van der Waals surface area (Å²) < 4.78 is 5.03. The lowest BCUT2D eigenvalue weighted by atomic mass is 10.1. The summed E-state index contributed by atoms with van der Waals surface area (Å²) in [5, 5.41) is 1.10. The van der Waals surface area contributed by atoms with Crippen molar-refractivity contribution in [2.45, 2.75) is 39.0 Å². The van der Waals surface area contributed by atoms with Crippen molar-refractivity contribution in [2.24, 2.45) is 0 Å². The molecule has 0 unspecified atom stereocenters. The number of carbonyl (C=O) groups excluding carboxylic acids is 1. The number of esters is 1. The van der Waals surface area contributed by atoms with E-state index < -0.39 is 0 Å². The van der Waals surface area contributed by atoms with Crippen LogP contribution in [0.3, 0.4) is 0 Å². The smallest absolute Gasteiger partial charge is 0.350 e.